The van der Waals surface area contributed by atoms with Crippen LogP contribution in [0.25, 0.3) is 0 Å². The molecule has 12 nitrogen and oxygen atoms in total. The molecule has 4 atom stereocenters. The maximum Gasteiger partial charge on any atom is 0.328 e. The maximum absolute atomic E-state index is 13.1. The fourth-order valence-corrected chi connectivity index (χ4v) is 3.60. The van der Waals surface area contributed by atoms with Crippen molar-refractivity contribution in [1.29, 1.82) is 0 Å². The zero-order valence-corrected chi connectivity index (χ0v) is 21.7. The van der Waals surface area contributed by atoms with E-state index in [1.165, 1.54) is 7.11 Å². The second kappa shape index (κ2) is 15.2. The van der Waals surface area contributed by atoms with Crippen molar-refractivity contribution in [3.63, 3.8) is 0 Å². The number of rotatable bonds is 14. The van der Waals surface area contributed by atoms with Gasteiger partial charge in [0, 0.05) is 12.6 Å². The van der Waals surface area contributed by atoms with Gasteiger partial charge in [0.25, 0.3) is 5.91 Å². The molecule has 0 radical (unpaired) electrons. The molecular weight excluding hydrogens is 494 g/mol. The summed E-state index contributed by atoms with van der Waals surface area (Å²) in [5.74, 6) is -3.25. The molecule has 4 unspecified atom stereocenters. The van der Waals surface area contributed by atoms with E-state index in [-0.39, 0.29) is 25.0 Å². The highest BCUT2D eigenvalue weighted by molar-refractivity contribution is 5.98. The zero-order valence-electron chi connectivity index (χ0n) is 21.7. The van der Waals surface area contributed by atoms with Crippen LogP contribution in [0, 0.1) is 0 Å². The topological polar surface area (TPSA) is 179 Å². The van der Waals surface area contributed by atoms with Crippen LogP contribution in [0.4, 0.5) is 0 Å². The molecule has 1 heterocycles. The predicted octanol–water partition coefficient (Wildman–Crippen LogP) is -0.204. The first-order valence-electron chi connectivity index (χ1n) is 12.3. The molecule has 12 heteroatoms. The SMILES string of the molecule is CCC(NC(=O)c1ccc[nH]1)C(=O)NC(CO)C(=O)NC(Cc1ccccc1)C(=O)NC(CC)C(=O)OC. The Labute approximate surface area is 220 Å². The van der Waals surface area contributed by atoms with Crippen molar-refractivity contribution >= 4 is 29.6 Å². The van der Waals surface area contributed by atoms with E-state index in [2.05, 4.69) is 26.3 Å². The van der Waals surface area contributed by atoms with Gasteiger partial charge in [-0.05, 0) is 30.5 Å². The Morgan fingerprint density at radius 3 is 1.92 bits per heavy atom. The number of amides is 4. The van der Waals surface area contributed by atoms with Gasteiger partial charge in [0.1, 0.15) is 29.9 Å². The van der Waals surface area contributed by atoms with Crippen LogP contribution in [-0.2, 0) is 30.3 Å². The fourth-order valence-electron chi connectivity index (χ4n) is 3.60. The van der Waals surface area contributed by atoms with E-state index >= 15 is 0 Å². The molecule has 0 bridgehead atoms. The summed E-state index contributed by atoms with van der Waals surface area (Å²) >= 11 is 0. The van der Waals surface area contributed by atoms with Crippen molar-refractivity contribution in [2.75, 3.05) is 13.7 Å². The fraction of sp³-hybridized carbons (Fsp3) is 0.423. The summed E-state index contributed by atoms with van der Waals surface area (Å²) in [4.78, 5) is 65.9. The number of benzene rings is 1. The van der Waals surface area contributed by atoms with Crippen molar-refractivity contribution in [1.82, 2.24) is 26.3 Å². The van der Waals surface area contributed by atoms with Crippen molar-refractivity contribution in [2.24, 2.45) is 0 Å². The number of aromatic amines is 1. The Bertz CT molecular complexity index is 1070. The number of H-pyrrole nitrogens is 1. The van der Waals surface area contributed by atoms with Crippen LogP contribution in [0.3, 0.4) is 0 Å². The molecule has 1 aromatic heterocycles. The quantitative estimate of drug-likeness (QED) is 0.183. The highest BCUT2D eigenvalue weighted by Crippen LogP contribution is 2.06. The van der Waals surface area contributed by atoms with E-state index in [1.807, 2.05) is 0 Å². The molecule has 206 valence electrons. The number of carbonyl (C=O) groups excluding carboxylic acids is 5. The lowest BCUT2D eigenvalue weighted by atomic mass is 10.0. The molecule has 6 N–H and O–H groups in total. The average Bonchev–Trinajstić information content (AvgIpc) is 3.48. The molecule has 38 heavy (non-hydrogen) atoms. The predicted molar refractivity (Wildman–Crippen MR) is 138 cm³/mol. The summed E-state index contributed by atoms with van der Waals surface area (Å²) < 4.78 is 4.71. The van der Waals surface area contributed by atoms with Crippen LogP contribution in [0.5, 0.6) is 0 Å². The number of aliphatic hydroxyl groups excluding tert-OH is 1. The van der Waals surface area contributed by atoms with Gasteiger partial charge in [-0.1, -0.05) is 44.2 Å². The van der Waals surface area contributed by atoms with Crippen molar-refractivity contribution in [3.8, 4) is 0 Å². The number of ether oxygens (including phenoxy) is 1. The smallest absolute Gasteiger partial charge is 0.328 e. The highest BCUT2D eigenvalue weighted by Gasteiger charge is 2.31. The van der Waals surface area contributed by atoms with Gasteiger partial charge in [0.2, 0.25) is 17.7 Å². The summed E-state index contributed by atoms with van der Waals surface area (Å²) in [6.45, 7) is 2.62. The Balaban J connectivity index is 2.12. The van der Waals surface area contributed by atoms with Crippen molar-refractivity contribution in [2.45, 2.75) is 57.3 Å². The molecule has 1 aromatic carbocycles. The Hall–Kier alpha value is -4.19. The number of methoxy groups -OCH3 is 1. The number of aliphatic hydroxyl groups is 1. The van der Waals surface area contributed by atoms with E-state index in [9.17, 15) is 29.1 Å². The van der Waals surface area contributed by atoms with E-state index in [0.29, 0.717) is 0 Å². The number of hydrogen-bond donors (Lipinski definition) is 6. The summed E-state index contributed by atoms with van der Waals surface area (Å²) in [6.07, 6.45) is 2.15. The van der Waals surface area contributed by atoms with Crippen LogP contribution >= 0.6 is 0 Å². The average molecular weight is 530 g/mol. The summed E-state index contributed by atoms with van der Waals surface area (Å²) in [6, 6.07) is 7.68. The lowest BCUT2D eigenvalue weighted by Gasteiger charge is -2.25. The van der Waals surface area contributed by atoms with Crippen LogP contribution < -0.4 is 21.3 Å². The second-order valence-electron chi connectivity index (χ2n) is 8.51. The maximum atomic E-state index is 13.1. The molecular formula is C26H35N5O7. The lowest BCUT2D eigenvalue weighted by Crippen LogP contribution is -2.59. The molecule has 0 saturated carbocycles. The van der Waals surface area contributed by atoms with Gasteiger partial charge in [-0.3, -0.25) is 19.2 Å². The largest absolute Gasteiger partial charge is 0.467 e. The van der Waals surface area contributed by atoms with Crippen molar-refractivity contribution in [3.05, 3.63) is 59.9 Å². The van der Waals surface area contributed by atoms with E-state index < -0.39 is 60.4 Å². The minimum absolute atomic E-state index is 0.0892. The van der Waals surface area contributed by atoms with Crippen molar-refractivity contribution < 1.29 is 33.8 Å². The van der Waals surface area contributed by atoms with Crippen LogP contribution in [0.1, 0.15) is 42.7 Å². The number of aromatic nitrogens is 1. The third-order valence-electron chi connectivity index (χ3n) is 5.81. The van der Waals surface area contributed by atoms with Crippen LogP contribution in [0.2, 0.25) is 0 Å². The first kappa shape index (κ1) is 30.0. The summed E-state index contributed by atoms with van der Waals surface area (Å²) in [5, 5.41) is 20.0. The first-order valence-corrected chi connectivity index (χ1v) is 12.3. The third kappa shape index (κ3) is 8.73. The molecule has 0 spiro atoms. The van der Waals surface area contributed by atoms with Gasteiger partial charge < -0.3 is 36.1 Å². The van der Waals surface area contributed by atoms with Gasteiger partial charge in [0.05, 0.1) is 13.7 Å². The van der Waals surface area contributed by atoms with Crippen LogP contribution in [0.15, 0.2) is 48.7 Å². The molecule has 0 fully saturated rings. The van der Waals surface area contributed by atoms with Crippen LogP contribution in [-0.4, -0.2) is 77.6 Å². The molecule has 0 aliphatic rings. The monoisotopic (exact) mass is 529 g/mol. The van der Waals surface area contributed by atoms with E-state index in [4.69, 9.17) is 4.74 Å². The minimum atomic E-state index is -1.40. The third-order valence-corrected chi connectivity index (χ3v) is 5.81. The molecule has 2 aromatic rings. The Morgan fingerprint density at radius 1 is 0.789 bits per heavy atom. The number of hydrogen-bond acceptors (Lipinski definition) is 7. The molecule has 2 rings (SSSR count). The van der Waals surface area contributed by atoms with E-state index in [1.54, 1.807) is 62.5 Å². The number of carbonyl (C=O) groups is 5. The van der Waals surface area contributed by atoms with Gasteiger partial charge >= 0.3 is 5.97 Å². The van der Waals surface area contributed by atoms with Gasteiger partial charge in [-0.25, -0.2) is 4.79 Å². The molecule has 4 amide bonds. The Kier molecular flexibility index (Phi) is 12.0. The zero-order chi connectivity index (χ0) is 28.1. The lowest BCUT2D eigenvalue weighted by molar-refractivity contribution is -0.145. The van der Waals surface area contributed by atoms with E-state index in [0.717, 1.165) is 5.56 Å². The Morgan fingerprint density at radius 2 is 1.37 bits per heavy atom. The standard InChI is InChI=1S/C26H35N5O7/c1-4-17(28-23(34)19-12-9-13-27-19)22(33)31-21(15-32)25(36)30-20(14-16-10-7-6-8-11-16)24(35)29-18(5-2)26(37)38-3/h6-13,17-18,20-21,27,32H,4-5,14-15H2,1-3H3,(H,28,34)(H,29,35)(H,30,36)(H,31,33). The molecule has 0 aliphatic carbocycles. The summed E-state index contributed by atoms with van der Waals surface area (Å²) in [5.41, 5.74) is 1.00. The normalized spacial score (nSPS) is 13.8. The number of esters is 1. The second-order valence-corrected chi connectivity index (χ2v) is 8.51. The molecule has 0 saturated heterocycles. The molecule has 0 aliphatic heterocycles. The summed E-state index contributed by atoms with van der Waals surface area (Å²) in [7, 11) is 1.21. The van der Waals surface area contributed by atoms with Gasteiger partial charge in [-0.2, -0.15) is 0 Å². The minimum Gasteiger partial charge on any atom is -0.467 e. The first-order chi connectivity index (χ1) is 18.2. The highest BCUT2D eigenvalue weighted by atomic mass is 16.5. The van der Waals surface area contributed by atoms with Gasteiger partial charge in [0.15, 0.2) is 0 Å². The van der Waals surface area contributed by atoms with Gasteiger partial charge in [-0.15, -0.1) is 0 Å². The number of nitrogens with one attached hydrogen (secondary N) is 5.